The number of methoxy groups -OCH3 is 2. The smallest absolute Gasteiger partial charge is 0.191 e. The van der Waals surface area contributed by atoms with Gasteiger partial charge in [0.25, 0.3) is 0 Å². The van der Waals surface area contributed by atoms with Crippen molar-refractivity contribution in [3.8, 4) is 11.5 Å². The number of nitrogens with one attached hydrogen (secondary N) is 2. The summed E-state index contributed by atoms with van der Waals surface area (Å²) in [6.45, 7) is 8.83. The van der Waals surface area contributed by atoms with Crippen molar-refractivity contribution < 1.29 is 14.6 Å². The highest BCUT2D eigenvalue weighted by Crippen LogP contribution is 2.27. The first-order valence-electron chi connectivity index (χ1n) is 9.37. The zero-order chi connectivity index (χ0) is 19.4. The monoisotopic (exact) mass is 493 g/mol. The molecule has 1 aromatic rings. The number of aliphatic hydroxyl groups is 1. The molecule has 0 radical (unpaired) electrons. The van der Waals surface area contributed by atoms with Crippen molar-refractivity contribution in [2.45, 2.75) is 40.2 Å². The Balaban J connectivity index is 0.00000676. The van der Waals surface area contributed by atoms with Crippen molar-refractivity contribution in [2.75, 3.05) is 33.9 Å². The maximum atomic E-state index is 9.27. The second kappa shape index (κ2) is 14.8. The van der Waals surface area contributed by atoms with Crippen molar-refractivity contribution in [1.29, 1.82) is 0 Å². The van der Waals surface area contributed by atoms with Gasteiger partial charge in [0.05, 0.1) is 20.8 Å². The standard InChI is InChI=1S/C20H35N3O3.HI/c1-6-21-20(23-14-17(9-10-24)11-15(2)3)22-13-16-7-8-18(25-4)19(12-16)26-5;/h7-8,12,15,17,24H,6,9-11,13-14H2,1-5H3,(H2,21,22,23);1H. The molecule has 0 saturated carbocycles. The number of halogens is 1. The molecule has 1 rings (SSSR count). The number of guanidine groups is 1. The lowest BCUT2D eigenvalue weighted by molar-refractivity contribution is 0.243. The summed E-state index contributed by atoms with van der Waals surface area (Å²) in [7, 11) is 3.26. The van der Waals surface area contributed by atoms with E-state index in [0.717, 1.165) is 37.5 Å². The fourth-order valence-corrected chi connectivity index (χ4v) is 2.88. The average molecular weight is 493 g/mol. The summed E-state index contributed by atoms with van der Waals surface area (Å²) in [5, 5.41) is 15.9. The summed E-state index contributed by atoms with van der Waals surface area (Å²) in [5.41, 5.74) is 1.05. The molecule has 0 amide bonds. The van der Waals surface area contributed by atoms with Gasteiger partial charge in [0.1, 0.15) is 0 Å². The van der Waals surface area contributed by atoms with Crippen LogP contribution < -0.4 is 20.1 Å². The lowest BCUT2D eigenvalue weighted by atomic mass is 9.94. The van der Waals surface area contributed by atoms with Gasteiger partial charge in [0, 0.05) is 19.7 Å². The second-order valence-corrected chi connectivity index (χ2v) is 6.77. The van der Waals surface area contributed by atoms with E-state index in [4.69, 9.17) is 9.47 Å². The number of hydrogen-bond donors (Lipinski definition) is 3. The quantitative estimate of drug-likeness (QED) is 0.250. The van der Waals surface area contributed by atoms with E-state index >= 15 is 0 Å². The normalized spacial score (nSPS) is 12.3. The second-order valence-electron chi connectivity index (χ2n) is 6.77. The first-order chi connectivity index (χ1) is 12.5. The largest absolute Gasteiger partial charge is 0.493 e. The topological polar surface area (TPSA) is 75.1 Å². The highest BCUT2D eigenvalue weighted by molar-refractivity contribution is 14.0. The minimum atomic E-state index is 0. The van der Waals surface area contributed by atoms with Gasteiger partial charge in [-0.15, -0.1) is 24.0 Å². The minimum absolute atomic E-state index is 0. The molecule has 0 saturated heterocycles. The molecule has 0 aromatic heterocycles. The Labute approximate surface area is 181 Å². The average Bonchev–Trinajstić information content (AvgIpc) is 2.63. The molecule has 1 aromatic carbocycles. The zero-order valence-corrected chi connectivity index (χ0v) is 19.6. The Bertz CT molecular complexity index is 553. The highest BCUT2D eigenvalue weighted by atomic mass is 127. The first kappa shape index (κ1) is 25.8. The molecule has 6 nitrogen and oxygen atoms in total. The van der Waals surface area contributed by atoms with Crippen LogP contribution in [0.4, 0.5) is 0 Å². The van der Waals surface area contributed by atoms with Gasteiger partial charge in [-0.2, -0.15) is 0 Å². The highest BCUT2D eigenvalue weighted by Gasteiger charge is 2.11. The molecule has 0 aliphatic heterocycles. The number of hydrogen-bond acceptors (Lipinski definition) is 4. The number of ether oxygens (including phenoxy) is 2. The molecule has 3 N–H and O–H groups in total. The molecule has 1 unspecified atom stereocenters. The Morgan fingerprint density at radius 2 is 1.85 bits per heavy atom. The maximum Gasteiger partial charge on any atom is 0.191 e. The molecule has 0 heterocycles. The van der Waals surface area contributed by atoms with E-state index in [1.165, 1.54) is 0 Å². The molecule has 27 heavy (non-hydrogen) atoms. The van der Waals surface area contributed by atoms with E-state index in [1.54, 1.807) is 14.2 Å². The molecular formula is C20H36IN3O3. The van der Waals surface area contributed by atoms with Crippen LogP contribution in [0, 0.1) is 11.8 Å². The van der Waals surface area contributed by atoms with Crippen LogP contribution in [-0.4, -0.2) is 45.0 Å². The first-order valence-corrected chi connectivity index (χ1v) is 9.37. The van der Waals surface area contributed by atoms with Crippen LogP contribution >= 0.6 is 24.0 Å². The molecule has 156 valence electrons. The summed E-state index contributed by atoms with van der Waals surface area (Å²) < 4.78 is 10.6. The molecule has 0 aliphatic rings. The van der Waals surface area contributed by atoms with Crippen LogP contribution in [-0.2, 0) is 6.54 Å². The third-order valence-corrected chi connectivity index (χ3v) is 4.11. The van der Waals surface area contributed by atoms with Crippen LogP contribution in [0.15, 0.2) is 23.2 Å². The van der Waals surface area contributed by atoms with Gasteiger partial charge in [0.2, 0.25) is 0 Å². The fourth-order valence-electron chi connectivity index (χ4n) is 2.88. The molecule has 7 heteroatoms. The molecule has 0 spiro atoms. The van der Waals surface area contributed by atoms with E-state index in [0.29, 0.717) is 29.9 Å². The van der Waals surface area contributed by atoms with Crippen LogP contribution in [0.1, 0.15) is 39.2 Å². The summed E-state index contributed by atoms with van der Waals surface area (Å²) in [6, 6.07) is 5.82. The molecule has 0 fully saturated rings. The molecular weight excluding hydrogens is 457 g/mol. The van der Waals surface area contributed by atoms with E-state index in [-0.39, 0.29) is 30.6 Å². The Hall–Kier alpha value is -1.22. The van der Waals surface area contributed by atoms with Gasteiger partial charge in [-0.25, -0.2) is 4.99 Å². The van der Waals surface area contributed by atoms with E-state index in [2.05, 4.69) is 29.5 Å². The fraction of sp³-hybridized carbons (Fsp3) is 0.650. The van der Waals surface area contributed by atoms with Crippen LogP contribution in [0.2, 0.25) is 0 Å². The van der Waals surface area contributed by atoms with Crippen molar-refractivity contribution in [3.05, 3.63) is 23.8 Å². The number of benzene rings is 1. The summed E-state index contributed by atoms with van der Waals surface area (Å²) >= 11 is 0. The van der Waals surface area contributed by atoms with E-state index in [1.807, 2.05) is 25.1 Å². The van der Waals surface area contributed by atoms with Crippen LogP contribution in [0.25, 0.3) is 0 Å². The maximum absolute atomic E-state index is 9.27. The van der Waals surface area contributed by atoms with Gasteiger partial charge in [-0.1, -0.05) is 19.9 Å². The van der Waals surface area contributed by atoms with Crippen molar-refractivity contribution >= 4 is 29.9 Å². The van der Waals surface area contributed by atoms with Crippen LogP contribution in [0.5, 0.6) is 11.5 Å². The predicted molar refractivity (Wildman–Crippen MR) is 122 cm³/mol. The number of aliphatic hydroxyl groups excluding tert-OH is 1. The van der Waals surface area contributed by atoms with Crippen molar-refractivity contribution in [3.63, 3.8) is 0 Å². The Morgan fingerprint density at radius 3 is 2.41 bits per heavy atom. The van der Waals surface area contributed by atoms with E-state index in [9.17, 15) is 5.11 Å². The van der Waals surface area contributed by atoms with Gasteiger partial charge in [-0.05, 0) is 49.3 Å². The lowest BCUT2D eigenvalue weighted by Crippen LogP contribution is -2.40. The van der Waals surface area contributed by atoms with Gasteiger partial charge < -0.3 is 25.2 Å². The van der Waals surface area contributed by atoms with Gasteiger partial charge in [-0.3, -0.25) is 0 Å². The van der Waals surface area contributed by atoms with Crippen LogP contribution in [0.3, 0.4) is 0 Å². The Morgan fingerprint density at radius 1 is 1.15 bits per heavy atom. The SMILES string of the molecule is CCNC(=NCc1ccc(OC)c(OC)c1)NCC(CCO)CC(C)C.I. The summed E-state index contributed by atoms with van der Waals surface area (Å²) in [4.78, 5) is 4.66. The van der Waals surface area contributed by atoms with E-state index < -0.39 is 0 Å². The summed E-state index contributed by atoms with van der Waals surface area (Å²) in [5.74, 6) is 3.25. The molecule has 0 aliphatic carbocycles. The Kier molecular flexibility index (Phi) is 14.1. The number of rotatable bonds is 11. The van der Waals surface area contributed by atoms with Gasteiger partial charge in [0.15, 0.2) is 17.5 Å². The predicted octanol–water partition coefficient (Wildman–Crippen LogP) is 3.42. The third-order valence-electron chi connectivity index (χ3n) is 4.11. The van der Waals surface area contributed by atoms with Crippen molar-refractivity contribution in [1.82, 2.24) is 10.6 Å². The third kappa shape index (κ3) is 10.0. The van der Waals surface area contributed by atoms with Gasteiger partial charge >= 0.3 is 0 Å². The molecule has 0 bridgehead atoms. The number of nitrogens with zero attached hydrogens (tertiary/aromatic N) is 1. The lowest BCUT2D eigenvalue weighted by Gasteiger charge is -2.20. The number of aliphatic imine (C=N–C) groups is 1. The summed E-state index contributed by atoms with van der Waals surface area (Å²) in [6.07, 6.45) is 1.89. The molecule has 1 atom stereocenters. The minimum Gasteiger partial charge on any atom is -0.493 e. The van der Waals surface area contributed by atoms with Crippen molar-refractivity contribution in [2.24, 2.45) is 16.8 Å². The zero-order valence-electron chi connectivity index (χ0n) is 17.2.